The standard InChI is InChI=1S/C12H24N2O3/c1-5-13-7-6-11(15)14-10(8-9(2)3)12(16)17-4/h9-10,13H,5-8H2,1-4H3,(H,14,15). The Morgan fingerprint density at radius 1 is 1.29 bits per heavy atom. The summed E-state index contributed by atoms with van der Waals surface area (Å²) < 4.78 is 4.67. The van der Waals surface area contributed by atoms with Gasteiger partial charge in [0.25, 0.3) is 0 Å². The van der Waals surface area contributed by atoms with E-state index in [1.807, 2.05) is 20.8 Å². The molecule has 1 amide bonds. The van der Waals surface area contributed by atoms with Crippen LogP contribution in [0.25, 0.3) is 0 Å². The Labute approximate surface area is 103 Å². The number of carbonyl (C=O) groups excluding carboxylic acids is 2. The lowest BCUT2D eigenvalue weighted by Crippen LogP contribution is -2.43. The van der Waals surface area contributed by atoms with E-state index in [0.717, 1.165) is 6.54 Å². The molecule has 1 atom stereocenters. The number of rotatable bonds is 8. The van der Waals surface area contributed by atoms with Crippen molar-refractivity contribution in [3.63, 3.8) is 0 Å². The first-order chi connectivity index (χ1) is 8.01. The van der Waals surface area contributed by atoms with Crippen molar-refractivity contribution >= 4 is 11.9 Å². The summed E-state index contributed by atoms with van der Waals surface area (Å²) in [5.74, 6) is -0.175. The largest absolute Gasteiger partial charge is 0.467 e. The van der Waals surface area contributed by atoms with Gasteiger partial charge < -0.3 is 15.4 Å². The van der Waals surface area contributed by atoms with Gasteiger partial charge in [-0.2, -0.15) is 0 Å². The maximum atomic E-state index is 11.6. The Balaban J connectivity index is 4.13. The molecule has 0 rings (SSSR count). The first kappa shape index (κ1) is 15.9. The number of carbonyl (C=O) groups is 2. The van der Waals surface area contributed by atoms with Gasteiger partial charge in [0.2, 0.25) is 5.91 Å². The number of ether oxygens (including phenoxy) is 1. The summed E-state index contributed by atoms with van der Waals surface area (Å²) in [7, 11) is 1.33. The van der Waals surface area contributed by atoms with E-state index in [1.54, 1.807) is 0 Å². The zero-order chi connectivity index (χ0) is 13.3. The summed E-state index contributed by atoms with van der Waals surface area (Å²) in [6.45, 7) is 7.44. The maximum absolute atomic E-state index is 11.6. The molecule has 0 fully saturated rings. The van der Waals surface area contributed by atoms with E-state index in [9.17, 15) is 9.59 Å². The number of amides is 1. The first-order valence-electron chi connectivity index (χ1n) is 6.09. The molecule has 5 nitrogen and oxygen atoms in total. The summed E-state index contributed by atoms with van der Waals surface area (Å²) >= 11 is 0. The molecule has 2 N–H and O–H groups in total. The molecule has 1 unspecified atom stereocenters. The van der Waals surface area contributed by atoms with E-state index in [0.29, 0.717) is 25.3 Å². The third-order valence-electron chi connectivity index (χ3n) is 2.31. The van der Waals surface area contributed by atoms with Crippen molar-refractivity contribution in [3.8, 4) is 0 Å². The van der Waals surface area contributed by atoms with E-state index in [1.165, 1.54) is 7.11 Å². The fraction of sp³-hybridized carbons (Fsp3) is 0.833. The molecule has 0 saturated heterocycles. The average Bonchev–Trinajstić information content (AvgIpc) is 2.27. The predicted octanol–water partition coefficient (Wildman–Crippen LogP) is 0.690. The Kier molecular flexibility index (Phi) is 8.40. The fourth-order valence-electron chi connectivity index (χ4n) is 1.47. The van der Waals surface area contributed by atoms with Crippen LogP contribution in [0.1, 0.15) is 33.6 Å². The molecule has 0 aromatic heterocycles. The van der Waals surface area contributed by atoms with Crippen LogP contribution in [0.3, 0.4) is 0 Å². The van der Waals surface area contributed by atoms with Crippen LogP contribution < -0.4 is 10.6 Å². The molecular weight excluding hydrogens is 220 g/mol. The van der Waals surface area contributed by atoms with E-state index >= 15 is 0 Å². The zero-order valence-corrected chi connectivity index (χ0v) is 11.2. The summed E-state index contributed by atoms with van der Waals surface area (Å²) in [5, 5.41) is 5.76. The smallest absolute Gasteiger partial charge is 0.328 e. The lowest BCUT2D eigenvalue weighted by atomic mass is 10.0. The molecule has 0 aromatic rings. The van der Waals surface area contributed by atoms with Crippen LogP contribution >= 0.6 is 0 Å². The van der Waals surface area contributed by atoms with Crippen LogP contribution in [-0.2, 0) is 14.3 Å². The van der Waals surface area contributed by atoms with Crippen molar-refractivity contribution in [2.45, 2.75) is 39.7 Å². The van der Waals surface area contributed by atoms with Crippen LogP contribution in [-0.4, -0.2) is 38.1 Å². The van der Waals surface area contributed by atoms with Crippen LogP contribution in [0.2, 0.25) is 0 Å². The third-order valence-corrected chi connectivity index (χ3v) is 2.31. The maximum Gasteiger partial charge on any atom is 0.328 e. The van der Waals surface area contributed by atoms with Crippen molar-refractivity contribution < 1.29 is 14.3 Å². The van der Waals surface area contributed by atoms with Crippen molar-refractivity contribution in [1.82, 2.24) is 10.6 Å². The van der Waals surface area contributed by atoms with Crippen LogP contribution in [0, 0.1) is 5.92 Å². The molecule has 0 radical (unpaired) electrons. The van der Waals surface area contributed by atoms with Gasteiger partial charge in [-0.05, 0) is 18.9 Å². The summed E-state index contributed by atoms with van der Waals surface area (Å²) in [6.07, 6.45) is 0.971. The minimum absolute atomic E-state index is 0.123. The number of methoxy groups -OCH3 is 1. The van der Waals surface area contributed by atoms with E-state index < -0.39 is 6.04 Å². The lowest BCUT2D eigenvalue weighted by molar-refractivity contribution is -0.145. The first-order valence-corrected chi connectivity index (χ1v) is 6.09. The molecule has 0 aliphatic heterocycles. The molecule has 0 aromatic carbocycles. The second kappa shape index (κ2) is 8.98. The Hall–Kier alpha value is -1.10. The van der Waals surface area contributed by atoms with E-state index in [2.05, 4.69) is 15.4 Å². The van der Waals surface area contributed by atoms with Crippen LogP contribution in [0.4, 0.5) is 0 Å². The van der Waals surface area contributed by atoms with Gasteiger partial charge >= 0.3 is 5.97 Å². The quantitative estimate of drug-likeness (QED) is 0.487. The zero-order valence-electron chi connectivity index (χ0n) is 11.2. The van der Waals surface area contributed by atoms with Gasteiger partial charge in [0.15, 0.2) is 0 Å². The average molecular weight is 244 g/mol. The van der Waals surface area contributed by atoms with Gasteiger partial charge in [-0.15, -0.1) is 0 Å². The van der Waals surface area contributed by atoms with E-state index in [4.69, 9.17) is 0 Å². The number of hydrogen-bond donors (Lipinski definition) is 2. The second-order valence-electron chi connectivity index (χ2n) is 4.38. The van der Waals surface area contributed by atoms with Crippen molar-refractivity contribution in [1.29, 1.82) is 0 Å². The SMILES string of the molecule is CCNCCC(=O)NC(CC(C)C)C(=O)OC. The monoisotopic (exact) mass is 244 g/mol. The summed E-state index contributed by atoms with van der Waals surface area (Å²) in [4.78, 5) is 23.0. The topological polar surface area (TPSA) is 67.4 Å². The Bertz CT molecular complexity index is 242. The van der Waals surface area contributed by atoms with E-state index in [-0.39, 0.29) is 11.9 Å². The molecule has 0 spiro atoms. The molecule has 0 heterocycles. The van der Waals surface area contributed by atoms with Crippen LogP contribution in [0.15, 0.2) is 0 Å². The van der Waals surface area contributed by atoms with Gasteiger partial charge in [-0.25, -0.2) is 4.79 Å². The molecule has 100 valence electrons. The van der Waals surface area contributed by atoms with Crippen LogP contribution in [0.5, 0.6) is 0 Å². The minimum atomic E-state index is -0.533. The van der Waals surface area contributed by atoms with Gasteiger partial charge in [0.1, 0.15) is 6.04 Å². The molecular formula is C12H24N2O3. The highest BCUT2D eigenvalue weighted by Gasteiger charge is 2.22. The number of hydrogen-bond acceptors (Lipinski definition) is 4. The van der Waals surface area contributed by atoms with Crippen molar-refractivity contribution in [2.24, 2.45) is 5.92 Å². The number of esters is 1. The summed E-state index contributed by atoms with van der Waals surface area (Å²) in [6, 6.07) is -0.533. The highest BCUT2D eigenvalue weighted by molar-refractivity contribution is 5.84. The molecule has 0 aliphatic carbocycles. The molecule has 17 heavy (non-hydrogen) atoms. The van der Waals surface area contributed by atoms with Crippen molar-refractivity contribution in [3.05, 3.63) is 0 Å². The van der Waals surface area contributed by atoms with Gasteiger partial charge in [0, 0.05) is 13.0 Å². The highest BCUT2D eigenvalue weighted by Crippen LogP contribution is 2.06. The lowest BCUT2D eigenvalue weighted by Gasteiger charge is -2.18. The molecule has 0 aliphatic rings. The molecule has 5 heteroatoms. The summed E-state index contributed by atoms with van der Waals surface area (Å²) in [5.41, 5.74) is 0. The second-order valence-corrected chi connectivity index (χ2v) is 4.38. The van der Waals surface area contributed by atoms with Crippen molar-refractivity contribution in [2.75, 3.05) is 20.2 Å². The predicted molar refractivity (Wildman–Crippen MR) is 66.6 cm³/mol. The fourth-order valence-corrected chi connectivity index (χ4v) is 1.47. The normalized spacial score (nSPS) is 12.3. The molecule has 0 bridgehead atoms. The minimum Gasteiger partial charge on any atom is -0.467 e. The van der Waals surface area contributed by atoms with Gasteiger partial charge in [-0.1, -0.05) is 20.8 Å². The highest BCUT2D eigenvalue weighted by atomic mass is 16.5. The Morgan fingerprint density at radius 3 is 2.41 bits per heavy atom. The third kappa shape index (κ3) is 7.74. The van der Waals surface area contributed by atoms with Gasteiger partial charge in [-0.3, -0.25) is 4.79 Å². The Morgan fingerprint density at radius 2 is 1.94 bits per heavy atom. The number of nitrogens with one attached hydrogen (secondary N) is 2. The molecule has 0 saturated carbocycles. The van der Waals surface area contributed by atoms with Gasteiger partial charge in [0.05, 0.1) is 7.11 Å².